The standard InChI is InChI=1S/C22H26N4OS/c1-5-26-21(17-10-8-9-16(4)13-17)24-25-22(26)28-14-20(27)23-19-12-7-6-11-18(19)15(2)3/h6-13,15H,5,14H2,1-4H3,(H,23,27). The van der Waals surface area contributed by atoms with Gasteiger partial charge in [-0.25, -0.2) is 0 Å². The van der Waals surface area contributed by atoms with Crippen molar-refractivity contribution in [2.75, 3.05) is 11.1 Å². The number of nitrogens with zero attached hydrogens (tertiary/aromatic N) is 3. The van der Waals surface area contributed by atoms with Gasteiger partial charge in [0.15, 0.2) is 11.0 Å². The lowest BCUT2D eigenvalue weighted by atomic mass is 10.0. The molecule has 0 saturated heterocycles. The first-order valence-corrected chi connectivity index (χ1v) is 10.5. The van der Waals surface area contributed by atoms with Crippen LogP contribution < -0.4 is 5.32 Å². The van der Waals surface area contributed by atoms with Crippen molar-refractivity contribution in [1.29, 1.82) is 0 Å². The van der Waals surface area contributed by atoms with Crippen molar-refractivity contribution < 1.29 is 4.79 Å². The summed E-state index contributed by atoms with van der Waals surface area (Å²) in [6.07, 6.45) is 0. The number of carbonyl (C=O) groups is 1. The zero-order valence-electron chi connectivity index (χ0n) is 16.8. The number of hydrogen-bond acceptors (Lipinski definition) is 4. The van der Waals surface area contributed by atoms with Crippen LogP contribution in [-0.2, 0) is 11.3 Å². The highest BCUT2D eigenvalue weighted by molar-refractivity contribution is 7.99. The van der Waals surface area contributed by atoms with Crippen molar-refractivity contribution in [3.05, 3.63) is 59.7 Å². The quantitative estimate of drug-likeness (QED) is 0.565. The third-order valence-electron chi connectivity index (χ3n) is 4.50. The van der Waals surface area contributed by atoms with Gasteiger partial charge in [-0.1, -0.05) is 67.6 Å². The molecule has 0 aliphatic rings. The van der Waals surface area contributed by atoms with Gasteiger partial charge in [0.1, 0.15) is 0 Å². The molecule has 0 unspecified atom stereocenters. The lowest BCUT2D eigenvalue weighted by molar-refractivity contribution is -0.113. The van der Waals surface area contributed by atoms with E-state index in [1.54, 1.807) is 0 Å². The maximum Gasteiger partial charge on any atom is 0.234 e. The summed E-state index contributed by atoms with van der Waals surface area (Å²) >= 11 is 1.41. The molecule has 28 heavy (non-hydrogen) atoms. The second-order valence-corrected chi connectivity index (χ2v) is 7.94. The summed E-state index contributed by atoms with van der Waals surface area (Å²) in [7, 11) is 0. The van der Waals surface area contributed by atoms with Crippen LogP contribution in [0.1, 0.15) is 37.8 Å². The number of aryl methyl sites for hydroxylation is 1. The Morgan fingerprint density at radius 3 is 2.64 bits per heavy atom. The topological polar surface area (TPSA) is 59.8 Å². The molecular formula is C22H26N4OS. The van der Waals surface area contributed by atoms with Crippen molar-refractivity contribution in [1.82, 2.24) is 14.8 Å². The fourth-order valence-electron chi connectivity index (χ4n) is 3.11. The van der Waals surface area contributed by atoms with Gasteiger partial charge in [-0.2, -0.15) is 0 Å². The van der Waals surface area contributed by atoms with Crippen molar-refractivity contribution >= 4 is 23.4 Å². The number of aromatic nitrogens is 3. The zero-order chi connectivity index (χ0) is 20.1. The highest BCUT2D eigenvalue weighted by Gasteiger charge is 2.15. The minimum Gasteiger partial charge on any atom is -0.325 e. The Hall–Kier alpha value is -2.60. The molecule has 0 spiro atoms. The van der Waals surface area contributed by atoms with Crippen LogP contribution in [-0.4, -0.2) is 26.4 Å². The number of rotatable bonds is 7. The van der Waals surface area contributed by atoms with Gasteiger partial charge in [0.25, 0.3) is 0 Å². The Bertz CT molecular complexity index is 965. The Kier molecular flexibility index (Phi) is 6.52. The van der Waals surface area contributed by atoms with Crippen molar-refractivity contribution in [3.8, 4) is 11.4 Å². The molecule has 2 aromatic carbocycles. The lowest BCUT2D eigenvalue weighted by Gasteiger charge is -2.13. The third kappa shape index (κ3) is 4.62. The summed E-state index contributed by atoms with van der Waals surface area (Å²) in [6, 6.07) is 16.1. The van der Waals surface area contributed by atoms with E-state index in [1.165, 1.54) is 17.3 Å². The van der Waals surface area contributed by atoms with Crippen LogP contribution >= 0.6 is 11.8 Å². The number of benzene rings is 2. The summed E-state index contributed by atoms with van der Waals surface area (Å²) in [6.45, 7) is 9.11. The van der Waals surface area contributed by atoms with E-state index >= 15 is 0 Å². The molecule has 1 aromatic heterocycles. The molecule has 146 valence electrons. The van der Waals surface area contributed by atoms with Gasteiger partial charge >= 0.3 is 0 Å². The van der Waals surface area contributed by atoms with E-state index in [2.05, 4.69) is 66.0 Å². The molecule has 0 fully saturated rings. The first-order chi connectivity index (χ1) is 13.5. The molecule has 0 saturated carbocycles. The fraction of sp³-hybridized carbons (Fsp3) is 0.318. The van der Waals surface area contributed by atoms with Gasteiger partial charge in [0.2, 0.25) is 5.91 Å². The Labute approximate surface area is 170 Å². The van der Waals surface area contributed by atoms with E-state index in [4.69, 9.17) is 0 Å². The van der Waals surface area contributed by atoms with Crippen LogP contribution in [0.25, 0.3) is 11.4 Å². The Morgan fingerprint density at radius 2 is 1.93 bits per heavy atom. The second-order valence-electron chi connectivity index (χ2n) is 7.00. The molecule has 1 amide bonds. The van der Waals surface area contributed by atoms with E-state index in [0.29, 0.717) is 11.7 Å². The molecule has 0 radical (unpaired) electrons. The van der Waals surface area contributed by atoms with E-state index in [-0.39, 0.29) is 5.91 Å². The predicted octanol–water partition coefficient (Wildman–Crippen LogP) is 5.13. The summed E-state index contributed by atoms with van der Waals surface area (Å²) in [4.78, 5) is 12.5. The molecule has 0 aliphatic heterocycles. The van der Waals surface area contributed by atoms with Crippen molar-refractivity contribution in [3.63, 3.8) is 0 Å². The number of para-hydroxylation sites is 1. The number of thioether (sulfide) groups is 1. The van der Waals surface area contributed by atoms with Crippen LogP contribution in [0.5, 0.6) is 0 Å². The van der Waals surface area contributed by atoms with Crippen LogP contribution in [0, 0.1) is 6.92 Å². The second kappa shape index (κ2) is 9.06. The highest BCUT2D eigenvalue weighted by atomic mass is 32.2. The number of nitrogens with one attached hydrogen (secondary N) is 1. The smallest absolute Gasteiger partial charge is 0.234 e. The zero-order valence-corrected chi connectivity index (χ0v) is 17.6. The van der Waals surface area contributed by atoms with Crippen LogP contribution in [0.4, 0.5) is 5.69 Å². The normalized spacial score (nSPS) is 11.0. The molecule has 5 nitrogen and oxygen atoms in total. The minimum atomic E-state index is -0.0409. The van der Waals surface area contributed by atoms with Crippen molar-refractivity contribution in [2.45, 2.75) is 45.3 Å². The summed E-state index contributed by atoms with van der Waals surface area (Å²) in [5, 5.41) is 12.5. The lowest BCUT2D eigenvalue weighted by Crippen LogP contribution is -2.16. The molecule has 0 bridgehead atoms. The average molecular weight is 395 g/mol. The maximum absolute atomic E-state index is 12.5. The van der Waals surface area contributed by atoms with Crippen LogP contribution in [0.2, 0.25) is 0 Å². The molecule has 0 aliphatic carbocycles. The van der Waals surface area contributed by atoms with E-state index in [1.807, 2.05) is 30.3 Å². The first kappa shape index (κ1) is 20.1. The summed E-state index contributed by atoms with van der Waals surface area (Å²) < 4.78 is 2.05. The monoisotopic (exact) mass is 394 g/mol. The first-order valence-electron chi connectivity index (χ1n) is 9.51. The minimum absolute atomic E-state index is 0.0409. The molecule has 1 heterocycles. The van der Waals surface area contributed by atoms with Crippen molar-refractivity contribution in [2.24, 2.45) is 0 Å². The SMILES string of the molecule is CCn1c(SCC(=O)Nc2ccccc2C(C)C)nnc1-c1cccc(C)c1. The van der Waals surface area contributed by atoms with Gasteiger partial charge in [0.05, 0.1) is 5.75 Å². The third-order valence-corrected chi connectivity index (χ3v) is 5.47. The van der Waals surface area contributed by atoms with Crippen LogP contribution in [0.15, 0.2) is 53.7 Å². The van der Waals surface area contributed by atoms with Gasteiger partial charge in [-0.15, -0.1) is 10.2 Å². The fourth-order valence-corrected chi connectivity index (χ4v) is 3.91. The van der Waals surface area contributed by atoms with Gasteiger partial charge < -0.3 is 9.88 Å². The van der Waals surface area contributed by atoms with Crippen LogP contribution in [0.3, 0.4) is 0 Å². The summed E-state index contributed by atoms with van der Waals surface area (Å²) in [5.74, 6) is 1.43. The van der Waals surface area contributed by atoms with Gasteiger partial charge in [-0.3, -0.25) is 4.79 Å². The van der Waals surface area contributed by atoms with E-state index in [0.717, 1.165) is 34.3 Å². The molecular weight excluding hydrogens is 368 g/mol. The van der Waals surface area contributed by atoms with E-state index < -0.39 is 0 Å². The largest absolute Gasteiger partial charge is 0.325 e. The average Bonchev–Trinajstić information content (AvgIpc) is 3.09. The molecule has 1 N–H and O–H groups in total. The number of hydrogen-bond donors (Lipinski definition) is 1. The number of amides is 1. The van der Waals surface area contributed by atoms with E-state index in [9.17, 15) is 4.79 Å². The van der Waals surface area contributed by atoms with Gasteiger partial charge in [0, 0.05) is 17.8 Å². The number of carbonyl (C=O) groups excluding carboxylic acids is 1. The molecule has 3 rings (SSSR count). The maximum atomic E-state index is 12.5. The molecule has 6 heteroatoms. The Morgan fingerprint density at radius 1 is 1.14 bits per heavy atom. The van der Waals surface area contributed by atoms with Gasteiger partial charge in [-0.05, 0) is 37.5 Å². The Balaban J connectivity index is 1.71. The highest BCUT2D eigenvalue weighted by Crippen LogP contribution is 2.26. The summed E-state index contributed by atoms with van der Waals surface area (Å²) in [5.41, 5.74) is 4.23. The predicted molar refractivity (Wildman–Crippen MR) is 116 cm³/mol. The molecule has 0 atom stereocenters. The molecule has 3 aromatic rings. The number of anilines is 1.